The van der Waals surface area contributed by atoms with Crippen LogP contribution in [0.15, 0.2) is 42.9 Å². The van der Waals surface area contributed by atoms with Crippen LogP contribution in [0.5, 0.6) is 5.75 Å². The highest BCUT2D eigenvalue weighted by atomic mass is 32.1. The first-order valence-corrected chi connectivity index (χ1v) is 8.75. The van der Waals surface area contributed by atoms with Gasteiger partial charge in [-0.1, -0.05) is 6.07 Å². The van der Waals surface area contributed by atoms with Gasteiger partial charge in [-0.3, -0.25) is 9.36 Å². The fourth-order valence-corrected chi connectivity index (χ4v) is 2.88. The Balaban J connectivity index is 1.60. The molecule has 2 N–H and O–H groups in total. The molecular formula is C18H22N6OS. The van der Waals surface area contributed by atoms with Gasteiger partial charge in [-0.05, 0) is 38.2 Å². The van der Waals surface area contributed by atoms with Gasteiger partial charge >= 0.3 is 0 Å². The van der Waals surface area contributed by atoms with Gasteiger partial charge in [0.05, 0.1) is 31.7 Å². The lowest BCUT2D eigenvalue weighted by Crippen LogP contribution is -2.18. The lowest BCUT2D eigenvalue weighted by molar-refractivity contribution is 0.415. The van der Waals surface area contributed by atoms with Crippen molar-refractivity contribution in [3.05, 3.63) is 54.1 Å². The molecule has 0 radical (unpaired) electrons. The molecular weight excluding hydrogens is 348 g/mol. The van der Waals surface area contributed by atoms with Gasteiger partial charge in [-0.25, -0.2) is 0 Å². The topological polar surface area (TPSA) is 68.9 Å². The Morgan fingerprint density at radius 3 is 2.73 bits per heavy atom. The van der Waals surface area contributed by atoms with Gasteiger partial charge in [0.1, 0.15) is 5.75 Å². The second-order valence-electron chi connectivity index (χ2n) is 5.81. The molecule has 136 valence electrons. The van der Waals surface area contributed by atoms with E-state index in [2.05, 4.69) is 34.7 Å². The molecule has 0 aliphatic rings. The van der Waals surface area contributed by atoms with Crippen LogP contribution in [0.25, 0.3) is 0 Å². The molecule has 8 heteroatoms. The summed E-state index contributed by atoms with van der Waals surface area (Å²) in [5.41, 5.74) is 3.99. The number of benzene rings is 1. The fourth-order valence-electron chi connectivity index (χ4n) is 2.64. The summed E-state index contributed by atoms with van der Waals surface area (Å²) in [5, 5.41) is 15.5. The molecule has 0 amide bonds. The van der Waals surface area contributed by atoms with E-state index < -0.39 is 0 Å². The normalized spacial score (nSPS) is 10.6. The van der Waals surface area contributed by atoms with E-state index in [9.17, 15) is 0 Å². The number of nitrogens with zero attached hydrogens (tertiary/aromatic N) is 4. The highest BCUT2D eigenvalue weighted by Crippen LogP contribution is 2.17. The van der Waals surface area contributed by atoms with E-state index in [4.69, 9.17) is 17.0 Å². The van der Waals surface area contributed by atoms with Crippen LogP contribution in [0.3, 0.4) is 0 Å². The summed E-state index contributed by atoms with van der Waals surface area (Å²) in [6.07, 6.45) is 5.56. The van der Waals surface area contributed by atoms with Crippen LogP contribution >= 0.6 is 12.2 Å². The summed E-state index contributed by atoms with van der Waals surface area (Å²) in [6.45, 7) is 5.68. The summed E-state index contributed by atoms with van der Waals surface area (Å²) in [7, 11) is 1.63. The van der Waals surface area contributed by atoms with Gasteiger partial charge in [0.25, 0.3) is 0 Å². The third kappa shape index (κ3) is 4.20. The SMILES string of the molecule is CCn1ncc(Cn2cc(NC(=S)Nc3cccc(OC)c3)cn2)c1C. The average Bonchev–Trinajstić information content (AvgIpc) is 3.22. The standard InChI is InChI=1S/C18H22N6OS/c1-4-24-13(2)14(9-20-24)11-23-12-16(10-19-23)22-18(26)21-15-6-5-7-17(8-15)25-3/h5-10,12H,4,11H2,1-3H3,(H2,21,22,26). The van der Waals surface area contributed by atoms with Gasteiger partial charge in [0, 0.05) is 35.8 Å². The van der Waals surface area contributed by atoms with Crippen molar-refractivity contribution in [1.29, 1.82) is 0 Å². The molecule has 0 fully saturated rings. The maximum absolute atomic E-state index is 5.36. The minimum absolute atomic E-state index is 0.493. The van der Waals surface area contributed by atoms with Crippen molar-refractivity contribution in [2.24, 2.45) is 0 Å². The average molecular weight is 370 g/mol. The molecule has 7 nitrogen and oxygen atoms in total. The summed E-state index contributed by atoms with van der Waals surface area (Å²) in [5.74, 6) is 0.772. The van der Waals surface area contributed by atoms with Crippen molar-refractivity contribution >= 4 is 28.7 Å². The minimum atomic E-state index is 0.493. The van der Waals surface area contributed by atoms with Crippen molar-refractivity contribution in [3.63, 3.8) is 0 Å². The molecule has 0 atom stereocenters. The monoisotopic (exact) mass is 370 g/mol. The Labute approximate surface area is 158 Å². The number of thiocarbonyl (C=S) groups is 1. The first-order chi connectivity index (χ1) is 12.6. The quantitative estimate of drug-likeness (QED) is 0.649. The number of hydrogen-bond donors (Lipinski definition) is 2. The first kappa shape index (κ1) is 17.9. The van der Waals surface area contributed by atoms with Gasteiger partial charge in [-0.2, -0.15) is 10.2 Å². The zero-order chi connectivity index (χ0) is 18.5. The Morgan fingerprint density at radius 2 is 2.00 bits per heavy atom. The Bertz CT molecular complexity index is 901. The van der Waals surface area contributed by atoms with E-state index in [0.717, 1.165) is 34.9 Å². The third-order valence-electron chi connectivity index (χ3n) is 4.06. The van der Waals surface area contributed by atoms with Gasteiger partial charge in [-0.15, -0.1) is 0 Å². The van der Waals surface area contributed by atoms with Crippen molar-refractivity contribution < 1.29 is 4.74 Å². The van der Waals surface area contributed by atoms with Crippen LogP contribution in [-0.4, -0.2) is 31.8 Å². The Morgan fingerprint density at radius 1 is 1.19 bits per heavy atom. The summed E-state index contributed by atoms with van der Waals surface area (Å²) < 4.78 is 9.05. The summed E-state index contributed by atoms with van der Waals surface area (Å²) >= 11 is 5.36. The summed E-state index contributed by atoms with van der Waals surface area (Å²) in [6, 6.07) is 7.59. The number of nitrogens with one attached hydrogen (secondary N) is 2. The smallest absolute Gasteiger partial charge is 0.175 e. The number of rotatable bonds is 6. The van der Waals surface area contributed by atoms with Crippen LogP contribution < -0.4 is 15.4 Å². The molecule has 2 heterocycles. The highest BCUT2D eigenvalue weighted by molar-refractivity contribution is 7.80. The highest BCUT2D eigenvalue weighted by Gasteiger charge is 2.08. The molecule has 0 aliphatic heterocycles. The lowest BCUT2D eigenvalue weighted by atomic mass is 10.2. The maximum atomic E-state index is 5.36. The molecule has 0 saturated heterocycles. The van der Waals surface area contributed by atoms with Crippen molar-refractivity contribution in [1.82, 2.24) is 19.6 Å². The van der Waals surface area contributed by atoms with Crippen molar-refractivity contribution in [3.8, 4) is 5.75 Å². The maximum Gasteiger partial charge on any atom is 0.175 e. The van der Waals surface area contributed by atoms with Crippen molar-refractivity contribution in [2.45, 2.75) is 26.9 Å². The van der Waals surface area contributed by atoms with Crippen LogP contribution in [0, 0.1) is 6.92 Å². The molecule has 0 aliphatic carbocycles. The Hall–Kier alpha value is -2.87. The number of methoxy groups -OCH3 is 1. The molecule has 26 heavy (non-hydrogen) atoms. The van der Waals surface area contributed by atoms with E-state index in [-0.39, 0.29) is 0 Å². The van der Waals surface area contributed by atoms with Crippen LogP contribution in [-0.2, 0) is 13.1 Å². The molecule has 2 aromatic heterocycles. The largest absolute Gasteiger partial charge is 0.497 e. The Kier molecular flexibility index (Phi) is 5.52. The molecule has 3 aromatic rings. The van der Waals surface area contributed by atoms with E-state index >= 15 is 0 Å². The zero-order valence-corrected chi connectivity index (χ0v) is 15.9. The molecule has 3 rings (SSSR count). The fraction of sp³-hybridized carbons (Fsp3) is 0.278. The van der Waals surface area contributed by atoms with Gasteiger partial charge < -0.3 is 15.4 Å². The zero-order valence-electron chi connectivity index (χ0n) is 15.1. The predicted octanol–water partition coefficient (Wildman–Crippen LogP) is 3.27. The number of ether oxygens (including phenoxy) is 1. The molecule has 1 aromatic carbocycles. The number of aryl methyl sites for hydroxylation is 1. The second kappa shape index (κ2) is 8.01. The molecule has 0 bridgehead atoms. The molecule has 0 unspecified atom stereocenters. The second-order valence-corrected chi connectivity index (χ2v) is 6.22. The number of anilines is 2. The van der Waals surface area contributed by atoms with Crippen LogP contribution in [0.1, 0.15) is 18.2 Å². The number of hydrogen-bond acceptors (Lipinski definition) is 4. The van der Waals surface area contributed by atoms with Gasteiger partial charge in [0.2, 0.25) is 0 Å². The van der Waals surface area contributed by atoms with E-state index in [1.54, 1.807) is 13.3 Å². The molecule has 0 saturated carbocycles. The van der Waals surface area contributed by atoms with Crippen molar-refractivity contribution in [2.75, 3.05) is 17.7 Å². The third-order valence-corrected chi connectivity index (χ3v) is 4.26. The molecule has 0 spiro atoms. The predicted molar refractivity (Wildman–Crippen MR) is 107 cm³/mol. The van der Waals surface area contributed by atoms with Crippen LogP contribution in [0.4, 0.5) is 11.4 Å². The van der Waals surface area contributed by atoms with E-state index in [1.807, 2.05) is 46.0 Å². The lowest BCUT2D eigenvalue weighted by Gasteiger charge is -2.10. The number of aromatic nitrogens is 4. The van der Waals surface area contributed by atoms with E-state index in [1.165, 1.54) is 0 Å². The summed E-state index contributed by atoms with van der Waals surface area (Å²) in [4.78, 5) is 0. The minimum Gasteiger partial charge on any atom is -0.497 e. The van der Waals surface area contributed by atoms with Gasteiger partial charge in [0.15, 0.2) is 5.11 Å². The van der Waals surface area contributed by atoms with E-state index in [0.29, 0.717) is 11.7 Å². The first-order valence-electron chi connectivity index (χ1n) is 8.35. The van der Waals surface area contributed by atoms with Crippen LogP contribution in [0.2, 0.25) is 0 Å².